The van der Waals surface area contributed by atoms with E-state index < -0.39 is 54.6 Å². The van der Waals surface area contributed by atoms with Crippen molar-refractivity contribution in [3.8, 4) is 17.2 Å². The third-order valence-electron chi connectivity index (χ3n) is 10.4. The summed E-state index contributed by atoms with van der Waals surface area (Å²) in [5.74, 6) is -34.1. The molecule has 0 radical (unpaired) electrons. The first kappa shape index (κ1) is 48.5. The predicted octanol–water partition coefficient (Wildman–Crippen LogP) is 14.4. The minimum Gasteiger partial charge on any atom is -0.508 e. The molecular formula is C42H49F13O3. The van der Waals surface area contributed by atoms with E-state index in [0.29, 0.717) is 30.8 Å². The molecule has 0 aliphatic heterocycles. The number of benzene rings is 3. The fraction of sp³-hybridized carbons (Fsp3) is 0.571. The van der Waals surface area contributed by atoms with Crippen LogP contribution in [0.25, 0.3) is 0 Å². The van der Waals surface area contributed by atoms with Crippen molar-refractivity contribution in [3.05, 3.63) is 89.5 Å². The molecule has 1 N–H and O–H groups in total. The van der Waals surface area contributed by atoms with Crippen molar-refractivity contribution in [2.75, 3.05) is 13.2 Å². The molecule has 0 spiro atoms. The van der Waals surface area contributed by atoms with Crippen LogP contribution in [0.15, 0.2) is 72.8 Å². The molecule has 0 saturated carbocycles. The second-order valence-electron chi connectivity index (χ2n) is 14.6. The number of phenolic OH excluding ortho intramolecular Hbond substituents is 1. The van der Waals surface area contributed by atoms with Gasteiger partial charge in [0.2, 0.25) is 0 Å². The Bertz CT molecular complexity index is 1640. The highest BCUT2D eigenvalue weighted by Crippen LogP contribution is 2.58. The van der Waals surface area contributed by atoms with Crippen molar-refractivity contribution in [2.45, 2.75) is 133 Å². The number of hydrogen-bond donors (Lipinski definition) is 1. The van der Waals surface area contributed by atoms with Crippen molar-refractivity contribution in [3.63, 3.8) is 0 Å². The molecule has 0 amide bonds. The monoisotopic (exact) mass is 848 g/mol. The van der Waals surface area contributed by atoms with Gasteiger partial charge in [0.15, 0.2) is 5.92 Å². The standard InChI is InChI=1S/C42H49F13O3/c1-4-6-7-8-9-10-23-57-34-21-15-31(16-22-34)32(25-28(5-2)30-11-17-33(56)18-12-30)24-27(3)29-13-19-35(20-14-29)58-26-36(40(49,50)51)38(45,46)41(52,53)42(54,55)39(47,48)37(43)44/h11-22,27-28,32,36-37,56H,4-10,23-26H2,1-3H3. The Kier molecular flexibility index (Phi) is 17.1. The van der Waals surface area contributed by atoms with Crippen LogP contribution in [0, 0.1) is 5.92 Å². The van der Waals surface area contributed by atoms with Gasteiger partial charge in [0.05, 0.1) is 6.61 Å². The second-order valence-corrected chi connectivity index (χ2v) is 14.6. The zero-order chi connectivity index (χ0) is 43.5. The van der Waals surface area contributed by atoms with Gasteiger partial charge in [-0.15, -0.1) is 0 Å². The summed E-state index contributed by atoms with van der Waals surface area (Å²) in [4.78, 5) is 0. The lowest BCUT2D eigenvalue weighted by Gasteiger charge is -2.39. The molecule has 4 atom stereocenters. The number of phenols is 1. The predicted molar refractivity (Wildman–Crippen MR) is 194 cm³/mol. The highest BCUT2D eigenvalue weighted by atomic mass is 19.4. The minimum atomic E-state index is -7.58. The SMILES string of the molecule is CCCCCCCCOc1ccc(C(CC(C)c2ccc(OCC(C(F)(F)F)C(F)(F)C(F)(F)C(F)(F)C(F)(F)C(F)F)cc2)CC(CC)c2ccc(O)cc2)cc1. The van der Waals surface area contributed by atoms with Gasteiger partial charge in [0.1, 0.15) is 23.9 Å². The highest BCUT2D eigenvalue weighted by Gasteiger charge is 2.85. The average Bonchev–Trinajstić information content (AvgIpc) is 3.16. The molecule has 326 valence electrons. The summed E-state index contributed by atoms with van der Waals surface area (Å²) in [6, 6.07) is 19.4. The van der Waals surface area contributed by atoms with E-state index in [2.05, 4.69) is 11.7 Å². The summed E-state index contributed by atoms with van der Waals surface area (Å²) in [6.07, 6.45) is -3.38. The Morgan fingerprint density at radius 3 is 1.53 bits per heavy atom. The van der Waals surface area contributed by atoms with Gasteiger partial charge in [0, 0.05) is 0 Å². The van der Waals surface area contributed by atoms with Crippen LogP contribution in [0.3, 0.4) is 0 Å². The Morgan fingerprint density at radius 2 is 1.02 bits per heavy atom. The van der Waals surface area contributed by atoms with E-state index in [0.717, 1.165) is 55.4 Å². The van der Waals surface area contributed by atoms with E-state index in [1.54, 1.807) is 12.1 Å². The fourth-order valence-electron chi connectivity index (χ4n) is 6.72. The highest BCUT2D eigenvalue weighted by molar-refractivity contribution is 5.34. The van der Waals surface area contributed by atoms with Gasteiger partial charge in [0.25, 0.3) is 0 Å². The molecule has 0 aliphatic carbocycles. The third kappa shape index (κ3) is 11.9. The van der Waals surface area contributed by atoms with Gasteiger partial charge in [-0.25, -0.2) is 8.78 Å². The zero-order valence-corrected chi connectivity index (χ0v) is 32.3. The van der Waals surface area contributed by atoms with Gasteiger partial charge in [-0.1, -0.05) is 89.3 Å². The summed E-state index contributed by atoms with van der Waals surface area (Å²) in [7, 11) is 0. The van der Waals surface area contributed by atoms with Crippen molar-refractivity contribution in [1.82, 2.24) is 0 Å². The van der Waals surface area contributed by atoms with Crippen molar-refractivity contribution >= 4 is 0 Å². The van der Waals surface area contributed by atoms with E-state index in [9.17, 15) is 62.2 Å². The number of ether oxygens (including phenoxy) is 2. The maximum Gasteiger partial charge on any atom is 0.401 e. The lowest BCUT2D eigenvalue weighted by molar-refractivity contribution is -0.406. The maximum atomic E-state index is 14.5. The molecule has 0 saturated heterocycles. The third-order valence-corrected chi connectivity index (χ3v) is 10.4. The van der Waals surface area contributed by atoms with Crippen LogP contribution in [0.4, 0.5) is 57.1 Å². The molecule has 3 nitrogen and oxygen atoms in total. The minimum absolute atomic E-state index is 0.0654. The number of hydrogen-bond acceptors (Lipinski definition) is 3. The molecular weight excluding hydrogens is 799 g/mol. The van der Waals surface area contributed by atoms with Crippen molar-refractivity contribution in [2.24, 2.45) is 5.92 Å². The first-order valence-corrected chi connectivity index (χ1v) is 19.1. The number of rotatable bonds is 24. The lowest BCUT2D eigenvalue weighted by Crippen LogP contribution is -2.67. The van der Waals surface area contributed by atoms with E-state index in [1.807, 2.05) is 50.2 Å². The molecule has 0 fully saturated rings. The summed E-state index contributed by atoms with van der Waals surface area (Å²) in [5, 5.41) is 9.81. The molecule has 4 unspecified atom stereocenters. The van der Waals surface area contributed by atoms with E-state index >= 15 is 0 Å². The molecule has 16 heteroatoms. The quantitative estimate of drug-likeness (QED) is 0.0721. The molecule has 0 aliphatic rings. The van der Waals surface area contributed by atoms with Crippen LogP contribution in [0.5, 0.6) is 17.2 Å². The maximum absolute atomic E-state index is 14.5. The number of halogens is 13. The van der Waals surface area contributed by atoms with Crippen LogP contribution in [-0.2, 0) is 0 Å². The second kappa shape index (κ2) is 20.4. The zero-order valence-electron chi connectivity index (χ0n) is 32.3. The van der Waals surface area contributed by atoms with Crippen LogP contribution in [0.1, 0.15) is 113 Å². The van der Waals surface area contributed by atoms with Crippen molar-refractivity contribution in [1.29, 1.82) is 0 Å². The van der Waals surface area contributed by atoms with Crippen LogP contribution < -0.4 is 9.47 Å². The average molecular weight is 849 g/mol. The first-order chi connectivity index (χ1) is 27.0. The largest absolute Gasteiger partial charge is 0.508 e. The van der Waals surface area contributed by atoms with E-state index in [-0.39, 0.29) is 23.5 Å². The molecule has 0 heterocycles. The van der Waals surface area contributed by atoms with E-state index in [4.69, 9.17) is 4.74 Å². The molecule has 58 heavy (non-hydrogen) atoms. The molecule has 0 bridgehead atoms. The number of unbranched alkanes of at least 4 members (excludes halogenated alkanes) is 5. The summed E-state index contributed by atoms with van der Waals surface area (Å²) in [6.45, 7) is 4.18. The normalized spacial score (nSPS) is 15.3. The van der Waals surface area contributed by atoms with Gasteiger partial charge < -0.3 is 14.6 Å². The topological polar surface area (TPSA) is 38.7 Å². The Labute approximate surface area is 329 Å². The Hall–Kier alpha value is -3.85. The molecule has 3 rings (SSSR count). The van der Waals surface area contributed by atoms with Crippen LogP contribution in [-0.4, -0.2) is 54.6 Å². The van der Waals surface area contributed by atoms with Gasteiger partial charge in [-0.2, -0.15) is 48.3 Å². The molecule has 3 aromatic carbocycles. The summed E-state index contributed by atoms with van der Waals surface area (Å²) < 4.78 is 188. The van der Waals surface area contributed by atoms with Gasteiger partial charge in [-0.3, -0.25) is 0 Å². The smallest absolute Gasteiger partial charge is 0.401 e. The summed E-state index contributed by atoms with van der Waals surface area (Å²) >= 11 is 0. The number of alkyl halides is 13. The fourth-order valence-corrected chi connectivity index (χ4v) is 6.72. The van der Waals surface area contributed by atoms with Crippen LogP contribution >= 0.6 is 0 Å². The van der Waals surface area contributed by atoms with Gasteiger partial charge >= 0.3 is 36.3 Å². The van der Waals surface area contributed by atoms with Crippen molar-refractivity contribution < 1.29 is 71.7 Å². The Morgan fingerprint density at radius 1 is 0.552 bits per heavy atom. The molecule has 3 aromatic rings. The molecule has 0 aromatic heterocycles. The van der Waals surface area contributed by atoms with Gasteiger partial charge in [-0.05, 0) is 96.5 Å². The number of aromatic hydroxyl groups is 1. The lowest BCUT2D eigenvalue weighted by atomic mass is 9.78. The summed E-state index contributed by atoms with van der Waals surface area (Å²) in [5.41, 5.74) is 2.60. The van der Waals surface area contributed by atoms with Crippen LogP contribution in [0.2, 0.25) is 0 Å². The Balaban J connectivity index is 1.79. The first-order valence-electron chi connectivity index (χ1n) is 19.1. The van der Waals surface area contributed by atoms with E-state index in [1.165, 1.54) is 25.0 Å².